The smallest absolute Gasteiger partial charge is 0.160 e. The number of nitrogens with one attached hydrogen (secondary N) is 1. The number of hydrogen-bond acceptors (Lipinski definition) is 2. The quantitative estimate of drug-likeness (QED) is 0.771. The molecule has 2 aromatic heterocycles. The van der Waals surface area contributed by atoms with Crippen molar-refractivity contribution in [1.29, 1.82) is 0 Å². The molecule has 0 aliphatic carbocycles. The predicted octanol–water partition coefficient (Wildman–Crippen LogP) is 3.56. The third kappa shape index (κ3) is 2.32. The normalized spacial score (nSPS) is 10.8. The summed E-state index contributed by atoms with van der Waals surface area (Å²) in [5, 5.41) is 3.47. The van der Waals surface area contributed by atoms with E-state index in [-0.39, 0.29) is 0 Å². The van der Waals surface area contributed by atoms with Gasteiger partial charge in [0.25, 0.3) is 0 Å². The van der Waals surface area contributed by atoms with Gasteiger partial charge in [0.1, 0.15) is 0 Å². The van der Waals surface area contributed by atoms with Crippen molar-refractivity contribution in [1.82, 2.24) is 9.38 Å². The fourth-order valence-corrected chi connectivity index (χ4v) is 2.27. The lowest BCUT2D eigenvalue weighted by Crippen LogP contribution is -2.02. The van der Waals surface area contributed by atoms with Crippen LogP contribution < -0.4 is 5.32 Å². The van der Waals surface area contributed by atoms with Crippen LogP contribution in [0.4, 0.5) is 5.69 Å². The number of imidazole rings is 1. The van der Waals surface area contributed by atoms with E-state index in [4.69, 9.17) is 0 Å². The largest absolute Gasteiger partial charge is 0.378 e. The molecule has 0 aliphatic rings. The fraction of sp³-hybridized carbons (Fsp3) is 0.188. The molecule has 0 aliphatic heterocycles. The first kappa shape index (κ1) is 11.8. The average molecular weight is 251 g/mol. The molecule has 0 bridgehead atoms. The molecule has 96 valence electrons. The highest BCUT2D eigenvalue weighted by Gasteiger charge is 2.04. The van der Waals surface area contributed by atoms with E-state index in [2.05, 4.69) is 52.0 Å². The van der Waals surface area contributed by atoms with Crippen LogP contribution in [0.15, 0.2) is 48.8 Å². The van der Waals surface area contributed by atoms with E-state index < -0.39 is 0 Å². The number of anilines is 1. The second-order valence-corrected chi connectivity index (χ2v) is 4.82. The minimum atomic E-state index is 0.818. The summed E-state index contributed by atoms with van der Waals surface area (Å²) in [7, 11) is 0. The Balaban J connectivity index is 1.88. The number of nitrogens with zero attached hydrogens (tertiary/aromatic N) is 2. The van der Waals surface area contributed by atoms with E-state index in [1.807, 2.05) is 25.4 Å². The van der Waals surface area contributed by atoms with E-state index >= 15 is 0 Å². The molecule has 0 spiro atoms. The van der Waals surface area contributed by atoms with E-state index in [1.54, 1.807) is 0 Å². The van der Waals surface area contributed by atoms with Crippen molar-refractivity contribution in [3.8, 4) is 0 Å². The van der Waals surface area contributed by atoms with Crippen molar-refractivity contribution in [3.05, 3.63) is 65.6 Å². The average Bonchev–Trinajstić information content (AvgIpc) is 2.78. The van der Waals surface area contributed by atoms with Gasteiger partial charge < -0.3 is 9.72 Å². The minimum absolute atomic E-state index is 0.818. The SMILES string of the molecule is Cc1cn2cccc(NCc3ccccc3C)c2n1. The van der Waals surface area contributed by atoms with Crippen LogP contribution in [0, 0.1) is 13.8 Å². The lowest BCUT2D eigenvalue weighted by atomic mass is 10.1. The standard InChI is InChI=1S/C16H17N3/c1-12-6-3-4-7-14(12)10-17-15-8-5-9-19-11-13(2)18-16(15)19/h3-9,11,17H,10H2,1-2H3. The molecule has 0 saturated heterocycles. The number of fused-ring (bicyclic) bond motifs is 1. The summed E-state index contributed by atoms with van der Waals surface area (Å²) in [6, 6.07) is 12.5. The molecule has 3 nitrogen and oxygen atoms in total. The summed E-state index contributed by atoms with van der Waals surface area (Å²) in [6.45, 7) is 4.97. The van der Waals surface area contributed by atoms with Gasteiger partial charge in [-0.3, -0.25) is 0 Å². The first-order valence-corrected chi connectivity index (χ1v) is 6.47. The van der Waals surface area contributed by atoms with Gasteiger partial charge in [-0.1, -0.05) is 24.3 Å². The summed E-state index contributed by atoms with van der Waals surface area (Å²) in [4.78, 5) is 4.55. The number of hydrogen-bond donors (Lipinski definition) is 1. The van der Waals surface area contributed by atoms with E-state index in [0.29, 0.717) is 0 Å². The monoisotopic (exact) mass is 251 g/mol. The maximum atomic E-state index is 4.55. The first-order chi connectivity index (χ1) is 9.24. The van der Waals surface area contributed by atoms with Crippen molar-refractivity contribution in [2.24, 2.45) is 0 Å². The number of pyridine rings is 1. The fourth-order valence-electron chi connectivity index (χ4n) is 2.27. The third-order valence-corrected chi connectivity index (χ3v) is 3.33. The van der Waals surface area contributed by atoms with Crippen LogP contribution in [0.3, 0.4) is 0 Å². The number of aryl methyl sites for hydroxylation is 2. The maximum Gasteiger partial charge on any atom is 0.160 e. The summed E-state index contributed by atoms with van der Waals surface area (Å²) in [6.07, 6.45) is 4.06. The zero-order valence-corrected chi connectivity index (χ0v) is 11.2. The van der Waals surface area contributed by atoms with E-state index in [0.717, 1.165) is 23.6 Å². The molecule has 3 rings (SSSR count). The Kier molecular flexibility index (Phi) is 2.95. The van der Waals surface area contributed by atoms with Crippen molar-refractivity contribution < 1.29 is 0 Å². The molecule has 2 heterocycles. The molecule has 3 heteroatoms. The van der Waals surface area contributed by atoms with Crippen molar-refractivity contribution in [2.45, 2.75) is 20.4 Å². The molecule has 1 aromatic carbocycles. The van der Waals surface area contributed by atoms with Crippen LogP contribution in [0.2, 0.25) is 0 Å². The second kappa shape index (κ2) is 4.76. The van der Waals surface area contributed by atoms with Crippen LogP contribution in [0.25, 0.3) is 5.65 Å². The number of aromatic nitrogens is 2. The lowest BCUT2D eigenvalue weighted by molar-refractivity contribution is 1.10. The van der Waals surface area contributed by atoms with Crippen LogP contribution in [0.1, 0.15) is 16.8 Å². The Labute approximate surface area is 112 Å². The van der Waals surface area contributed by atoms with Gasteiger partial charge >= 0.3 is 0 Å². The van der Waals surface area contributed by atoms with Gasteiger partial charge in [0.05, 0.1) is 11.4 Å². The first-order valence-electron chi connectivity index (χ1n) is 6.47. The topological polar surface area (TPSA) is 29.3 Å². The lowest BCUT2D eigenvalue weighted by Gasteiger charge is -2.09. The van der Waals surface area contributed by atoms with Gasteiger partial charge in [-0.15, -0.1) is 0 Å². The summed E-state index contributed by atoms with van der Waals surface area (Å²) in [5.41, 5.74) is 5.70. The molecular formula is C16H17N3. The van der Waals surface area contributed by atoms with Gasteiger partial charge in [-0.2, -0.15) is 0 Å². The predicted molar refractivity (Wildman–Crippen MR) is 78.4 cm³/mol. The molecule has 0 radical (unpaired) electrons. The van der Waals surface area contributed by atoms with Crippen molar-refractivity contribution >= 4 is 11.3 Å². The molecule has 3 aromatic rings. The van der Waals surface area contributed by atoms with Crippen LogP contribution >= 0.6 is 0 Å². The van der Waals surface area contributed by atoms with Gasteiger partial charge in [0, 0.05) is 18.9 Å². The minimum Gasteiger partial charge on any atom is -0.378 e. The van der Waals surface area contributed by atoms with Gasteiger partial charge in [-0.05, 0) is 37.1 Å². The Hall–Kier alpha value is -2.29. The third-order valence-electron chi connectivity index (χ3n) is 3.33. The summed E-state index contributed by atoms with van der Waals surface area (Å²) < 4.78 is 2.05. The maximum absolute atomic E-state index is 4.55. The number of rotatable bonds is 3. The molecule has 19 heavy (non-hydrogen) atoms. The van der Waals surface area contributed by atoms with Crippen LogP contribution in [-0.2, 0) is 6.54 Å². The second-order valence-electron chi connectivity index (χ2n) is 4.82. The highest BCUT2D eigenvalue weighted by Crippen LogP contribution is 2.18. The Morgan fingerprint density at radius 2 is 1.95 bits per heavy atom. The highest BCUT2D eigenvalue weighted by molar-refractivity contribution is 5.67. The van der Waals surface area contributed by atoms with Crippen molar-refractivity contribution in [3.63, 3.8) is 0 Å². The zero-order chi connectivity index (χ0) is 13.2. The molecule has 0 unspecified atom stereocenters. The van der Waals surface area contributed by atoms with Gasteiger partial charge in [0.2, 0.25) is 0 Å². The number of benzene rings is 1. The van der Waals surface area contributed by atoms with E-state index in [9.17, 15) is 0 Å². The molecule has 1 N–H and O–H groups in total. The molecule has 0 amide bonds. The van der Waals surface area contributed by atoms with Crippen molar-refractivity contribution in [2.75, 3.05) is 5.32 Å². The zero-order valence-electron chi connectivity index (χ0n) is 11.2. The van der Waals surface area contributed by atoms with Crippen LogP contribution in [0.5, 0.6) is 0 Å². The van der Waals surface area contributed by atoms with Gasteiger partial charge in [0.15, 0.2) is 5.65 Å². The summed E-state index contributed by atoms with van der Waals surface area (Å²) >= 11 is 0. The molecule has 0 fully saturated rings. The van der Waals surface area contributed by atoms with Gasteiger partial charge in [-0.25, -0.2) is 4.98 Å². The molecule has 0 saturated carbocycles. The molecule has 0 atom stereocenters. The summed E-state index contributed by atoms with van der Waals surface area (Å²) in [5.74, 6) is 0. The Bertz CT molecular complexity index is 713. The molecular weight excluding hydrogens is 234 g/mol. The highest BCUT2D eigenvalue weighted by atomic mass is 15.0. The van der Waals surface area contributed by atoms with Crippen LogP contribution in [-0.4, -0.2) is 9.38 Å². The Morgan fingerprint density at radius 3 is 2.79 bits per heavy atom. The van der Waals surface area contributed by atoms with E-state index in [1.165, 1.54) is 11.1 Å². The Morgan fingerprint density at radius 1 is 1.11 bits per heavy atom.